The summed E-state index contributed by atoms with van der Waals surface area (Å²) in [6.07, 6.45) is 2.83. The molecule has 0 fully saturated rings. The third kappa shape index (κ3) is 1.24. The van der Waals surface area contributed by atoms with Gasteiger partial charge in [0.2, 0.25) is 0 Å². The van der Waals surface area contributed by atoms with Crippen LogP contribution in [0.1, 0.15) is 5.56 Å². The molecule has 2 aromatic rings. The van der Waals surface area contributed by atoms with Gasteiger partial charge >= 0.3 is 0 Å². The second kappa shape index (κ2) is 3.17. The lowest BCUT2D eigenvalue weighted by Crippen LogP contribution is -1.90. The van der Waals surface area contributed by atoms with Crippen molar-refractivity contribution in [2.24, 2.45) is 0 Å². The molecule has 1 aromatic carbocycles. The number of aryl methyl sites for hydroxylation is 1. The van der Waals surface area contributed by atoms with Crippen LogP contribution in [0.4, 0.5) is 8.78 Å². The van der Waals surface area contributed by atoms with E-state index >= 15 is 0 Å². The topological polar surface area (TPSA) is 12.9 Å². The van der Waals surface area contributed by atoms with E-state index in [1.807, 2.05) is 0 Å². The highest BCUT2D eigenvalue weighted by Gasteiger charge is 2.12. The lowest BCUT2D eigenvalue weighted by molar-refractivity contribution is 0.517. The maximum Gasteiger partial charge on any atom is 0.168 e. The standard InChI is InChI=1S/C10H6ClF2N/c1-5-3-14-4-6-9(5)7(11)2-8(12)10(6)13/h2-4H,1H3. The summed E-state index contributed by atoms with van der Waals surface area (Å²) in [5.74, 6) is -1.85. The highest BCUT2D eigenvalue weighted by atomic mass is 35.5. The van der Waals surface area contributed by atoms with Crippen molar-refractivity contribution in [3.63, 3.8) is 0 Å². The fourth-order valence-corrected chi connectivity index (χ4v) is 1.77. The number of rotatable bonds is 0. The smallest absolute Gasteiger partial charge is 0.168 e. The number of aromatic nitrogens is 1. The number of hydrogen-bond donors (Lipinski definition) is 0. The molecule has 0 radical (unpaired) electrons. The number of nitrogens with zero attached hydrogens (tertiary/aromatic N) is 1. The Morgan fingerprint density at radius 3 is 2.71 bits per heavy atom. The number of pyridine rings is 1. The molecule has 0 N–H and O–H groups in total. The first-order valence-electron chi connectivity index (χ1n) is 3.99. The van der Waals surface area contributed by atoms with Crippen LogP contribution in [0, 0.1) is 18.6 Å². The minimum atomic E-state index is -0.949. The third-order valence-electron chi connectivity index (χ3n) is 2.07. The molecule has 14 heavy (non-hydrogen) atoms. The maximum absolute atomic E-state index is 13.3. The Balaban J connectivity index is 3.02. The lowest BCUT2D eigenvalue weighted by atomic mass is 10.1. The molecule has 0 unspecified atom stereocenters. The average molecular weight is 214 g/mol. The molecule has 0 aliphatic heterocycles. The fraction of sp³-hybridized carbons (Fsp3) is 0.100. The first kappa shape index (κ1) is 9.34. The van der Waals surface area contributed by atoms with Crippen molar-refractivity contribution in [2.45, 2.75) is 6.92 Å². The summed E-state index contributed by atoms with van der Waals surface area (Å²) in [4.78, 5) is 3.79. The molecular formula is C10H6ClF2N. The molecule has 0 atom stereocenters. The Labute approximate surface area is 84.3 Å². The number of benzene rings is 1. The van der Waals surface area contributed by atoms with Crippen molar-refractivity contribution >= 4 is 22.4 Å². The van der Waals surface area contributed by atoms with Crippen LogP contribution in [0.25, 0.3) is 10.8 Å². The van der Waals surface area contributed by atoms with E-state index in [9.17, 15) is 8.78 Å². The van der Waals surface area contributed by atoms with Gasteiger partial charge < -0.3 is 0 Å². The molecule has 2 rings (SSSR count). The Kier molecular flexibility index (Phi) is 2.11. The van der Waals surface area contributed by atoms with Gasteiger partial charge in [-0.2, -0.15) is 0 Å². The van der Waals surface area contributed by atoms with Crippen molar-refractivity contribution < 1.29 is 8.78 Å². The quantitative estimate of drug-likeness (QED) is 0.611. The fourth-order valence-electron chi connectivity index (χ4n) is 1.42. The Morgan fingerprint density at radius 1 is 1.29 bits per heavy atom. The number of halogens is 3. The van der Waals surface area contributed by atoms with Gasteiger partial charge in [-0.15, -0.1) is 0 Å². The van der Waals surface area contributed by atoms with Gasteiger partial charge in [0.1, 0.15) is 0 Å². The zero-order chi connectivity index (χ0) is 10.3. The van der Waals surface area contributed by atoms with Gasteiger partial charge in [-0.1, -0.05) is 11.6 Å². The molecule has 0 saturated heterocycles. The molecule has 1 nitrogen and oxygen atoms in total. The van der Waals surface area contributed by atoms with E-state index in [0.717, 1.165) is 11.6 Å². The molecular weight excluding hydrogens is 208 g/mol. The van der Waals surface area contributed by atoms with Crippen LogP contribution < -0.4 is 0 Å². The first-order valence-corrected chi connectivity index (χ1v) is 4.37. The molecule has 0 saturated carbocycles. The van der Waals surface area contributed by atoms with E-state index in [0.29, 0.717) is 5.39 Å². The molecule has 0 aliphatic rings. The first-order chi connectivity index (χ1) is 6.61. The molecule has 72 valence electrons. The van der Waals surface area contributed by atoms with Crippen molar-refractivity contribution in [2.75, 3.05) is 0 Å². The summed E-state index contributed by atoms with van der Waals surface area (Å²) in [6.45, 7) is 1.75. The molecule has 1 aromatic heterocycles. The van der Waals surface area contributed by atoms with Gasteiger partial charge in [0.15, 0.2) is 11.6 Å². The van der Waals surface area contributed by atoms with Gasteiger partial charge in [-0.3, -0.25) is 4.98 Å². The zero-order valence-electron chi connectivity index (χ0n) is 7.31. The summed E-state index contributed by atoms with van der Waals surface area (Å²) in [7, 11) is 0. The normalized spacial score (nSPS) is 10.9. The lowest BCUT2D eigenvalue weighted by Gasteiger charge is -2.05. The van der Waals surface area contributed by atoms with E-state index in [1.165, 1.54) is 6.20 Å². The second-order valence-electron chi connectivity index (χ2n) is 3.03. The van der Waals surface area contributed by atoms with Crippen LogP contribution in [0.3, 0.4) is 0 Å². The zero-order valence-corrected chi connectivity index (χ0v) is 8.07. The van der Waals surface area contributed by atoms with Gasteiger partial charge in [0.05, 0.1) is 5.02 Å². The molecule has 1 heterocycles. The summed E-state index contributed by atoms with van der Waals surface area (Å²) >= 11 is 5.81. The summed E-state index contributed by atoms with van der Waals surface area (Å²) in [5.41, 5.74) is 0.728. The molecule has 0 aliphatic carbocycles. The second-order valence-corrected chi connectivity index (χ2v) is 3.44. The van der Waals surface area contributed by atoms with E-state index in [4.69, 9.17) is 11.6 Å². The van der Waals surface area contributed by atoms with Gasteiger partial charge in [-0.05, 0) is 18.6 Å². The van der Waals surface area contributed by atoms with Crippen molar-refractivity contribution in [1.29, 1.82) is 0 Å². The monoisotopic (exact) mass is 213 g/mol. The minimum Gasteiger partial charge on any atom is -0.264 e. The predicted molar refractivity (Wildman–Crippen MR) is 51.4 cm³/mol. The highest BCUT2D eigenvalue weighted by molar-refractivity contribution is 6.35. The highest BCUT2D eigenvalue weighted by Crippen LogP contribution is 2.29. The van der Waals surface area contributed by atoms with E-state index in [1.54, 1.807) is 13.1 Å². The Bertz CT molecular complexity index is 511. The van der Waals surface area contributed by atoms with Crippen LogP contribution >= 0.6 is 11.6 Å². The van der Waals surface area contributed by atoms with Gasteiger partial charge in [0.25, 0.3) is 0 Å². The largest absolute Gasteiger partial charge is 0.264 e. The summed E-state index contributed by atoms with van der Waals surface area (Å²) in [5, 5.41) is 0.842. The molecule has 0 amide bonds. The SMILES string of the molecule is Cc1cncc2c(F)c(F)cc(Cl)c12. The minimum absolute atomic E-state index is 0.120. The predicted octanol–water partition coefficient (Wildman–Crippen LogP) is 3.47. The number of fused-ring (bicyclic) bond motifs is 1. The van der Waals surface area contributed by atoms with Crippen molar-refractivity contribution in [3.05, 3.63) is 40.7 Å². The Morgan fingerprint density at radius 2 is 2.00 bits per heavy atom. The molecule has 0 spiro atoms. The van der Waals surface area contributed by atoms with E-state index in [-0.39, 0.29) is 10.4 Å². The van der Waals surface area contributed by atoms with E-state index < -0.39 is 11.6 Å². The van der Waals surface area contributed by atoms with Gasteiger partial charge in [-0.25, -0.2) is 8.78 Å². The summed E-state index contributed by atoms with van der Waals surface area (Å²) < 4.78 is 26.2. The van der Waals surface area contributed by atoms with Crippen molar-refractivity contribution in [3.8, 4) is 0 Å². The van der Waals surface area contributed by atoms with Crippen LogP contribution in [-0.2, 0) is 0 Å². The molecule has 0 bridgehead atoms. The van der Waals surface area contributed by atoms with Crippen LogP contribution in [-0.4, -0.2) is 4.98 Å². The summed E-state index contributed by atoms with van der Waals surface area (Å²) in [6, 6.07) is 0.978. The van der Waals surface area contributed by atoms with Crippen LogP contribution in [0.5, 0.6) is 0 Å². The van der Waals surface area contributed by atoms with E-state index in [2.05, 4.69) is 4.98 Å². The van der Waals surface area contributed by atoms with Crippen LogP contribution in [0.2, 0.25) is 5.02 Å². The third-order valence-corrected chi connectivity index (χ3v) is 2.37. The maximum atomic E-state index is 13.3. The Hall–Kier alpha value is -1.22. The number of hydrogen-bond acceptors (Lipinski definition) is 1. The van der Waals surface area contributed by atoms with Crippen LogP contribution in [0.15, 0.2) is 18.5 Å². The molecule has 4 heteroatoms. The van der Waals surface area contributed by atoms with Crippen molar-refractivity contribution in [1.82, 2.24) is 4.98 Å². The van der Waals surface area contributed by atoms with Gasteiger partial charge in [0, 0.05) is 23.2 Å². The average Bonchev–Trinajstić information content (AvgIpc) is 2.14.